The molecule has 1 aliphatic rings. The molecule has 0 saturated heterocycles. The molecule has 0 fully saturated rings. The topological polar surface area (TPSA) is 63.7 Å². The zero-order valence-electron chi connectivity index (χ0n) is 15.8. The van der Waals surface area contributed by atoms with Crippen LogP contribution in [-0.2, 0) is 0 Å². The number of hydrogen-bond donors (Lipinski definition) is 1. The summed E-state index contributed by atoms with van der Waals surface area (Å²) >= 11 is 0. The number of para-hydroxylation sites is 2. The van der Waals surface area contributed by atoms with Crippen LogP contribution in [0.4, 0.5) is 11.4 Å². The molecular formula is C22H21N3O3. The monoisotopic (exact) mass is 375 g/mol. The lowest BCUT2D eigenvalue weighted by Gasteiger charge is -2.27. The van der Waals surface area contributed by atoms with Gasteiger partial charge in [-0.25, -0.2) is 0 Å². The van der Waals surface area contributed by atoms with Crippen molar-refractivity contribution >= 4 is 17.3 Å². The molecule has 0 radical (unpaired) electrons. The second-order valence-corrected chi connectivity index (χ2v) is 6.29. The van der Waals surface area contributed by atoms with Gasteiger partial charge >= 0.3 is 0 Å². The van der Waals surface area contributed by atoms with Gasteiger partial charge in [-0.05, 0) is 55.5 Å². The normalized spacial score (nSPS) is 15.3. The summed E-state index contributed by atoms with van der Waals surface area (Å²) in [5.41, 5.74) is 2.84. The van der Waals surface area contributed by atoms with Crippen molar-refractivity contribution in [2.24, 2.45) is 0 Å². The number of hydrogen-bond acceptors (Lipinski definition) is 5. The van der Waals surface area contributed by atoms with Gasteiger partial charge < -0.3 is 14.8 Å². The third-order valence-corrected chi connectivity index (χ3v) is 4.63. The maximum Gasteiger partial charge on any atom is 0.262 e. The van der Waals surface area contributed by atoms with Gasteiger partial charge in [0.05, 0.1) is 30.7 Å². The van der Waals surface area contributed by atoms with E-state index in [1.807, 2.05) is 55.5 Å². The number of nitrogens with zero attached hydrogens (tertiary/aromatic N) is 2. The SMILES string of the molecule is CCOc1ccccc1N[C@@H]1c2ncccc2C(=O)N1c1ccc(OC)cc1. The number of carbonyl (C=O) groups excluding carboxylic acids is 1. The molecule has 6 heteroatoms. The van der Waals surface area contributed by atoms with Crippen molar-refractivity contribution in [3.05, 3.63) is 78.1 Å². The average Bonchev–Trinajstić information content (AvgIpc) is 3.02. The summed E-state index contributed by atoms with van der Waals surface area (Å²) in [6, 6.07) is 18.7. The quantitative estimate of drug-likeness (QED) is 0.697. The minimum absolute atomic E-state index is 0.0975. The van der Waals surface area contributed by atoms with Crippen LogP contribution in [0.5, 0.6) is 11.5 Å². The van der Waals surface area contributed by atoms with E-state index in [-0.39, 0.29) is 5.91 Å². The van der Waals surface area contributed by atoms with Crippen LogP contribution in [0.25, 0.3) is 0 Å². The van der Waals surface area contributed by atoms with Gasteiger partial charge in [0.15, 0.2) is 6.17 Å². The Balaban J connectivity index is 1.76. The van der Waals surface area contributed by atoms with Gasteiger partial charge in [-0.15, -0.1) is 0 Å². The first kappa shape index (κ1) is 17.9. The highest BCUT2D eigenvalue weighted by Gasteiger charge is 2.39. The number of amides is 1. The maximum atomic E-state index is 13.1. The number of rotatable bonds is 6. The number of ether oxygens (including phenoxy) is 2. The lowest BCUT2D eigenvalue weighted by atomic mass is 10.2. The van der Waals surface area contributed by atoms with E-state index in [2.05, 4.69) is 10.3 Å². The van der Waals surface area contributed by atoms with E-state index in [0.717, 1.165) is 22.9 Å². The number of fused-ring (bicyclic) bond motifs is 1. The third kappa shape index (κ3) is 3.13. The first-order chi connectivity index (χ1) is 13.7. The van der Waals surface area contributed by atoms with Gasteiger partial charge in [0.25, 0.3) is 5.91 Å². The van der Waals surface area contributed by atoms with Crippen molar-refractivity contribution in [1.82, 2.24) is 4.98 Å². The Labute approximate surface area is 163 Å². The van der Waals surface area contributed by atoms with Crippen molar-refractivity contribution in [3.63, 3.8) is 0 Å². The lowest BCUT2D eigenvalue weighted by molar-refractivity contribution is 0.0993. The molecular weight excluding hydrogens is 354 g/mol. The molecule has 28 heavy (non-hydrogen) atoms. The smallest absolute Gasteiger partial charge is 0.262 e. The highest BCUT2D eigenvalue weighted by Crippen LogP contribution is 2.39. The molecule has 0 saturated carbocycles. The van der Waals surface area contributed by atoms with Crippen LogP contribution in [0, 0.1) is 0 Å². The van der Waals surface area contributed by atoms with Crippen molar-refractivity contribution in [2.75, 3.05) is 23.9 Å². The van der Waals surface area contributed by atoms with Crippen LogP contribution in [0.15, 0.2) is 66.9 Å². The van der Waals surface area contributed by atoms with Crippen LogP contribution in [0.1, 0.15) is 29.1 Å². The Kier molecular flexibility index (Phi) is 4.85. The van der Waals surface area contributed by atoms with Crippen molar-refractivity contribution < 1.29 is 14.3 Å². The summed E-state index contributed by atoms with van der Waals surface area (Å²) in [5, 5.41) is 3.44. The highest BCUT2D eigenvalue weighted by molar-refractivity contribution is 6.11. The molecule has 2 aromatic carbocycles. The number of methoxy groups -OCH3 is 1. The Morgan fingerprint density at radius 3 is 2.61 bits per heavy atom. The average molecular weight is 375 g/mol. The molecule has 142 valence electrons. The minimum Gasteiger partial charge on any atom is -0.497 e. The second-order valence-electron chi connectivity index (χ2n) is 6.29. The highest BCUT2D eigenvalue weighted by atomic mass is 16.5. The Hall–Kier alpha value is -3.54. The van der Waals surface area contributed by atoms with Gasteiger partial charge in [-0.3, -0.25) is 14.7 Å². The molecule has 1 aromatic heterocycles. The van der Waals surface area contributed by atoms with Gasteiger partial charge in [0.1, 0.15) is 11.5 Å². The van der Waals surface area contributed by atoms with E-state index >= 15 is 0 Å². The standard InChI is InChI=1S/C22H21N3O3/c1-3-28-19-9-5-4-8-18(19)24-21-20-17(7-6-14-23-20)22(26)25(21)15-10-12-16(27-2)13-11-15/h4-14,21,24H,3H2,1-2H3/t21-/m0/s1. The molecule has 1 N–H and O–H groups in total. The molecule has 6 nitrogen and oxygen atoms in total. The van der Waals surface area contributed by atoms with Gasteiger partial charge in [0.2, 0.25) is 0 Å². The minimum atomic E-state index is -0.446. The van der Waals surface area contributed by atoms with Crippen molar-refractivity contribution in [2.45, 2.75) is 13.1 Å². The number of carbonyl (C=O) groups is 1. The summed E-state index contributed by atoms with van der Waals surface area (Å²) < 4.78 is 11.0. The van der Waals surface area contributed by atoms with E-state index in [0.29, 0.717) is 17.9 Å². The number of pyridine rings is 1. The van der Waals surface area contributed by atoms with Gasteiger partial charge in [-0.1, -0.05) is 12.1 Å². The van der Waals surface area contributed by atoms with Crippen LogP contribution in [0.3, 0.4) is 0 Å². The first-order valence-corrected chi connectivity index (χ1v) is 9.14. The summed E-state index contributed by atoms with van der Waals surface area (Å²) in [5.74, 6) is 1.37. The summed E-state index contributed by atoms with van der Waals surface area (Å²) in [6.07, 6.45) is 1.26. The van der Waals surface area contributed by atoms with Crippen molar-refractivity contribution in [3.8, 4) is 11.5 Å². The summed E-state index contributed by atoms with van der Waals surface area (Å²) in [7, 11) is 1.62. The Morgan fingerprint density at radius 2 is 1.86 bits per heavy atom. The predicted molar refractivity (Wildman–Crippen MR) is 108 cm³/mol. The largest absolute Gasteiger partial charge is 0.497 e. The fourth-order valence-electron chi connectivity index (χ4n) is 3.34. The zero-order chi connectivity index (χ0) is 19.5. The van der Waals surface area contributed by atoms with Crippen LogP contribution < -0.4 is 19.7 Å². The molecule has 3 aromatic rings. The van der Waals surface area contributed by atoms with E-state index < -0.39 is 6.17 Å². The second kappa shape index (κ2) is 7.60. The summed E-state index contributed by atoms with van der Waals surface area (Å²) in [4.78, 5) is 19.3. The molecule has 0 bridgehead atoms. The number of benzene rings is 2. The lowest BCUT2D eigenvalue weighted by Crippen LogP contribution is -2.32. The fraction of sp³-hybridized carbons (Fsp3) is 0.182. The Bertz CT molecular complexity index is 988. The molecule has 4 rings (SSSR count). The van der Waals surface area contributed by atoms with E-state index in [1.54, 1.807) is 30.3 Å². The predicted octanol–water partition coefficient (Wildman–Crippen LogP) is 4.26. The molecule has 1 amide bonds. The number of anilines is 2. The van der Waals surface area contributed by atoms with E-state index in [9.17, 15) is 4.79 Å². The molecule has 2 heterocycles. The maximum absolute atomic E-state index is 13.1. The molecule has 0 aliphatic carbocycles. The van der Waals surface area contributed by atoms with E-state index in [1.165, 1.54) is 0 Å². The van der Waals surface area contributed by atoms with Gasteiger partial charge in [0, 0.05) is 11.9 Å². The first-order valence-electron chi connectivity index (χ1n) is 9.14. The molecule has 1 aliphatic heterocycles. The molecule has 1 atom stereocenters. The van der Waals surface area contributed by atoms with Crippen LogP contribution in [0.2, 0.25) is 0 Å². The van der Waals surface area contributed by atoms with Crippen LogP contribution >= 0.6 is 0 Å². The van der Waals surface area contributed by atoms with E-state index in [4.69, 9.17) is 9.47 Å². The number of nitrogens with one attached hydrogen (secondary N) is 1. The van der Waals surface area contributed by atoms with Gasteiger partial charge in [-0.2, -0.15) is 0 Å². The zero-order valence-corrected chi connectivity index (χ0v) is 15.8. The Morgan fingerprint density at radius 1 is 1.07 bits per heavy atom. The number of aromatic nitrogens is 1. The van der Waals surface area contributed by atoms with Crippen molar-refractivity contribution in [1.29, 1.82) is 0 Å². The molecule has 0 spiro atoms. The van der Waals surface area contributed by atoms with Crippen LogP contribution in [-0.4, -0.2) is 24.6 Å². The summed E-state index contributed by atoms with van der Waals surface area (Å²) in [6.45, 7) is 2.50. The third-order valence-electron chi connectivity index (χ3n) is 4.63. The molecule has 0 unspecified atom stereocenters. The fourth-order valence-corrected chi connectivity index (χ4v) is 3.34.